The Morgan fingerprint density at radius 2 is 1.95 bits per heavy atom. The van der Waals surface area contributed by atoms with Crippen LogP contribution < -0.4 is 5.43 Å². The minimum Gasteiger partial charge on any atom is -0.267 e. The first-order valence-electron chi connectivity index (χ1n) is 6.37. The second kappa shape index (κ2) is 7.46. The Kier molecular flexibility index (Phi) is 5.33. The first-order chi connectivity index (χ1) is 9.75. The monoisotopic (exact) mass is 286 g/mol. The molecule has 0 aliphatic carbocycles. The van der Waals surface area contributed by atoms with Crippen molar-refractivity contribution in [3.05, 3.63) is 70.7 Å². The molecule has 0 spiro atoms. The number of halogens is 1. The maximum atomic E-state index is 11.7. The third kappa shape index (κ3) is 4.52. The summed E-state index contributed by atoms with van der Waals surface area (Å²) >= 11 is 5.82. The first kappa shape index (κ1) is 14.3. The molecular formula is C16H15ClN2O. The van der Waals surface area contributed by atoms with Crippen molar-refractivity contribution < 1.29 is 4.79 Å². The van der Waals surface area contributed by atoms with Crippen LogP contribution in [0.1, 0.15) is 22.3 Å². The molecule has 0 radical (unpaired) electrons. The highest BCUT2D eigenvalue weighted by atomic mass is 35.5. The predicted molar refractivity (Wildman–Crippen MR) is 82.2 cm³/mol. The zero-order valence-electron chi connectivity index (χ0n) is 10.9. The normalized spacial score (nSPS) is 10.7. The molecular weight excluding hydrogens is 272 g/mol. The van der Waals surface area contributed by atoms with Gasteiger partial charge in [-0.05, 0) is 36.6 Å². The maximum absolute atomic E-state index is 11.7. The van der Waals surface area contributed by atoms with Crippen LogP contribution in [0.25, 0.3) is 0 Å². The van der Waals surface area contributed by atoms with Crippen LogP contribution in [-0.4, -0.2) is 12.1 Å². The van der Waals surface area contributed by atoms with E-state index in [-0.39, 0.29) is 5.91 Å². The van der Waals surface area contributed by atoms with Gasteiger partial charge in [0.2, 0.25) is 0 Å². The molecule has 102 valence electrons. The largest absolute Gasteiger partial charge is 0.271 e. The molecule has 0 unspecified atom stereocenters. The Hall–Kier alpha value is -2.13. The number of aryl methyl sites for hydroxylation is 1. The Bertz CT molecular complexity index is 596. The third-order valence-electron chi connectivity index (χ3n) is 2.75. The summed E-state index contributed by atoms with van der Waals surface area (Å²) in [5.41, 5.74) is 4.23. The van der Waals surface area contributed by atoms with E-state index in [1.54, 1.807) is 30.5 Å². The zero-order chi connectivity index (χ0) is 14.2. The Labute approximate surface area is 123 Å². The van der Waals surface area contributed by atoms with Crippen molar-refractivity contribution in [2.45, 2.75) is 12.8 Å². The summed E-state index contributed by atoms with van der Waals surface area (Å²) in [6.07, 6.45) is 3.38. The number of nitrogens with zero attached hydrogens (tertiary/aromatic N) is 1. The van der Waals surface area contributed by atoms with Gasteiger partial charge in [-0.1, -0.05) is 48.0 Å². The fraction of sp³-hybridized carbons (Fsp3) is 0.125. The summed E-state index contributed by atoms with van der Waals surface area (Å²) in [7, 11) is 0. The van der Waals surface area contributed by atoms with E-state index in [0.29, 0.717) is 10.6 Å². The second-order valence-corrected chi connectivity index (χ2v) is 4.72. The average molecular weight is 287 g/mol. The molecule has 20 heavy (non-hydrogen) atoms. The molecule has 0 fully saturated rings. The number of carbonyl (C=O) groups is 1. The highest BCUT2D eigenvalue weighted by Gasteiger charge is 2.03. The van der Waals surface area contributed by atoms with Gasteiger partial charge < -0.3 is 0 Å². The number of hydrazone groups is 1. The lowest BCUT2D eigenvalue weighted by molar-refractivity contribution is 0.0955. The number of benzene rings is 2. The molecule has 0 heterocycles. The zero-order valence-corrected chi connectivity index (χ0v) is 11.7. The van der Waals surface area contributed by atoms with Crippen molar-refractivity contribution in [1.29, 1.82) is 0 Å². The van der Waals surface area contributed by atoms with Crippen molar-refractivity contribution in [3.8, 4) is 0 Å². The van der Waals surface area contributed by atoms with Crippen LogP contribution >= 0.6 is 11.6 Å². The van der Waals surface area contributed by atoms with E-state index in [1.807, 2.05) is 18.2 Å². The first-order valence-corrected chi connectivity index (χ1v) is 6.75. The highest BCUT2D eigenvalue weighted by molar-refractivity contribution is 6.30. The van der Waals surface area contributed by atoms with E-state index in [2.05, 4.69) is 22.7 Å². The molecule has 1 amide bonds. The fourth-order valence-electron chi connectivity index (χ4n) is 1.74. The second-order valence-electron chi connectivity index (χ2n) is 4.29. The van der Waals surface area contributed by atoms with E-state index in [0.717, 1.165) is 12.8 Å². The quantitative estimate of drug-likeness (QED) is 0.661. The number of nitrogens with one attached hydrogen (secondary N) is 1. The Morgan fingerprint density at radius 3 is 2.70 bits per heavy atom. The van der Waals surface area contributed by atoms with Gasteiger partial charge in [0.1, 0.15) is 0 Å². The van der Waals surface area contributed by atoms with Gasteiger partial charge in [-0.3, -0.25) is 4.79 Å². The summed E-state index contributed by atoms with van der Waals surface area (Å²) in [5, 5.41) is 4.46. The SMILES string of the molecule is O=C(NN=CCCc1ccccc1)c1cccc(Cl)c1. The molecule has 0 saturated carbocycles. The van der Waals surface area contributed by atoms with Gasteiger partial charge in [0.15, 0.2) is 0 Å². The van der Waals surface area contributed by atoms with Crippen LogP contribution in [0.5, 0.6) is 0 Å². The summed E-state index contributed by atoms with van der Waals surface area (Å²) in [6.45, 7) is 0. The summed E-state index contributed by atoms with van der Waals surface area (Å²) in [5.74, 6) is -0.261. The van der Waals surface area contributed by atoms with Crippen LogP contribution in [0.15, 0.2) is 59.7 Å². The Morgan fingerprint density at radius 1 is 1.15 bits per heavy atom. The predicted octanol–water partition coefficient (Wildman–Crippen LogP) is 3.69. The highest BCUT2D eigenvalue weighted by Crippen LogP contribution is 2.10. The topological polar surface area (TPSA) is 41.5 Å². The van der Waals surface area contributed by atoms with Gasteiger partial charge in [-0.2, -0.15) is 5.10 Å². The Balaban J connectivity index is 1.77. The van der Waals surface area contributed by atoms with Crippen LogP contribution in [-0.2, 0) is 6.42 Å². The molecule has 0 aromatic heterocycles. The summed E-state index contributed by atoms with van der Waals surface area (Å²) < 4.78 is 0. The number of rotatable bonds is 5. The standard InChI is InChI=1S/C16H15ClN2O/c17-15-10-4-9-14(12-15)16(20)19-18-11-5-8-13-6-2-1-3-7-13/h1-4,6-7,9-12H,5,8H2,(H,19,20). The number of hydrogen-bond acceptors (Lipinski definition) is 2. The van der Waals surface area contributed by atoms with Crippen molar-refractivity contribution in [2.24, 2.45) is 5.10 Å². The molecule has 0 atom stereocenters. The minimum atomic E-state index is -0.261. The van der Waals surface area contributed by atoms with Gasteiger partial charge in [-0.15, -0.1) is 0 Å². The molecule has 3 nitrogen and oxygen atoms in total. The van der Waals surface area contributed by atoms with Crippen LogP contribution in [0, 0.1) is 0 Å². The fourth-order valence-corrected chi connectivity index (χ4v) is 1.93. The maximum Gasteiger partial charge on any atom is 0.271 e. The molecule has 1 N–H and O–H groups in total. The van der Waals surface area contributed by atoms with Gasteiger partial charge in [0.25, 0.3) is 5.91 Å². The van der Waals surface area contributed by atoms with Gasteiger partial charge in [-0.25, -0.2) is 5.43 Å². The number of amides is 1. The van der Waals surface area contributed by atoms with Crippen LogP contribution in [0.2, 0.25) is 5.02 Å². The third-order valence-corrected chi connectivity index (χ3v) is 2.98. The van der Waals surface area contributed by atoms with E-state index < -0.39 is 0 Å². The molecule has 4 heteroatoms. The van der Waals surface area contributed by atoms with E-state index >= 15 is 0 Å². The lowest BCUT2D eigenvalue weighted by Crippen LogP contribution is -2.17. The van der Waals surface area contributed by atoms with Crippen molar-refractivity contribution >= 4 is 23.7 Å². The van der Waals surface area contributed by atoms with Gasteiger partial charge >= 0.3 is 0 Å². The molecule has 0 saturated heterocycles. The van der Waals surface area contributed by atoms with E-state index in [1.165, 1.54) is 5.56 Å². The smallest absolute Gasteiger partial charge is 0.267 e. The van der Waals surface area contributed by atoms with E-state index in [4.69, 9.17) is 11.6 Å². The number of hydrogen-bond donors (Lipinski definition) is 1. The van der Waals surface area contributed by atoms with Crippen LogP contribution in [0.3, 0.4) is 0 Å². The van der Waals surface area contributed by atoms with Gasteiger partial charge in [0, 0.05) is 16.8 Å². The van der Waals surface area contributed by atoms with Crippen molar-refractivity contribution in [2.75, 3.05) is 0 Å². The minimum absolute atomic E-state index is 0.261. The molecule has 2 aromatic carbocycles. The molecule has 0 aliphatic rings. The molecule has 2 aromatic rings. The number of carbonyl (C=O) groups excluding carboxylic acids is 1. The van der Waals surface area contributed by atoms with Crippen LogP contribution in [0.4, 0.5) is 0 Å². The summed E-state index contributed by atoms with van der Waals surface area (Å²) in [4.78, 5) is 11.7. The van der Waals surface area contributed by atoms with E-state index in [9.17, 15) is 4.79 Å². The lowest BCUT2D eigenvalue weighted by atomic mass is 10.1. The van der Waals surface area contributed by atoms with Crippen molar-refractivity contribution in [3.63, 3.8) is 0 Å². The van der Waals surface area contributed by atoms with Gasteiger partial charge in [0.05, 0.1) is 0 Å². The molecule has 0 bridgehead atoms. The molecule has 0 aliphatic heterocycles. The van der Waals surface area contributed by atoms with Crippen molar-refractivity contribution in [1.82, 2.24) is 5.43 Å². The summed E-state index contributed by atoms with van der Waals surface area (Å²) in [6, 6.07) is 16.9. The average Bonchev–Trinajstić information content (AvgIpc) is 2.48. The lowest BCUT2D eigenvalue weighted by Gasteiger charge is -2.00. The molecule has 2 rings (SSSR count).